The summed E-state index contributed by atoms with van der Waals surface area (Å²) in [5.41, 5.74) is 7.00. The minimum atomic E-state index is -3.42. The molecular formula is C20H24N4O4S. The second kappa shape index (κ2) is 9.06. The number of carbonyl (C=O) groups is 2. The Morgan fingerprint density at radius 3 is 2.21 bits per heavy atom. The topological polar surface area (TPSA) is 122 Å². The van der Waals surface area contributed by atoms with Crippen molar-refractivity contribution in [3.63, 3.8) is 0 Å². The van der Waals surface area contributed by atoms with Crippen LogP contribution >= 0.6 is 0 Å². The molecule has 2 aromatic carbocycles. The second-order valence-corrected chi connectivity index (χ2v) is 8.81. The lowest BCUT2D eigenvalue weighted by Crippen LogP contribution is -2.27. The van der Waals surface area contributed by atoms with Crippen LogP contribution in [0.4, 0.5) is 16.2 Å². The Balaban J connectivity index is 1.55. The predicted octanol–water partition coefficient (Wildman–Crippen LogP) is 2.53. The Morgan fingerprint density at radius 2 is 1.59 bits per heavy atom. The quantitative estimate of drug-likeness (QED) is 0.642. The number of amides is 3. The average Bonchev–Trinajstić information content (AvgIpc) is 3.22. The number of primary amides is 1. The maximum absolute atomic E-state index is 12.5. The molecular weight excluding hydrogens is 392 g/mol. The van der Waals surface area contributed by atoms with Gasteiger partial charge in [-0.3, -0.25) is 4.79 Å². The van der Waals surface area contributed by atoms with Gasteiger partial charge in [0.25, 0.3) is 0 Å². The first-order valence-electron chi connectivity index (χ1n) is 9.40. The van der Waals surface area contributed by atoms with Crippen LogP contribution in [0.5, 0.6) is 0 Å². The number of nitrogens with two attached hydrogens (primary N) is 1. The lowest BCUT2D eigenvalue weighted by Gasteiger charge is -2.15. The third-order valence-electron chi connectivity index (χ3n) is 4.68. The number of aryl methyl sites for hydroxylation is 1. The first-order valence-corrected chi connectivity index (χ1v) is 10.8. The van der Waals surface area contributed by atoms with E-state index in [-0.39, 0.29) is 17.2 Å². The zero-order chi connectivity index (χ0) is 20.9. The molecule has 3 amide bonds. The van der Waals surface area contributed by atoms with Crippen LogP contribution in [0.1, 0.15) is 24.8 Å². The zero-order valence-electron chi connectivity index (χ0n) is 15.9. The van der Waals surface area contributed by atoms with Gasteiger partial charge in [0, 0.05) is 30.9 Å². The number of nitrogens with zero attached hydrogens (tertiary/aromatic N) is 1. The molecule has 0 spiro atoms. The van der Waals surface area contributed by atoms with Gasteiger partial charge in [0.2, 0.25) is 15.9 Å². The van der Waals surface area contributed by atoms with E-state index in [1.165, 1.54) is 4.31 Å². The van der Waals surface area contributed by atoms with E-state index in [0.717, 1.165) is 18.4 Å². The number of anilines is 2. The Morgan fingerprint density at radius 1 is 0.966 bits per heavy atom. The van der Waals surface area contributed by atoms with Crippen LogP contribution < -0.4 is 16.4 Å². The Hall–Kier alpha value is -2.91. The summed E-state index contributed by atoms with van der Waals surface area (Å²) in [7, 11) is -3.42. The molecule has 4 N–H and O–H groups in total. The molecule has 0 atom stereocenters. The van der Waals surface area contributed by atoms with Gasteiger partial charge in [-0.1, -0.05) is 18.2 Å². The molecule has 0 aliphatic carbocycles. The normalized spacial score (nSPS) is 14.5. The molecule has 0 aromatic heterocycles. The fourth-order valence-corrected chi connectivity index (χ4v) is 4.72. The maximum atomic E-state index is 12.5. The highest BCUT2D eigenvalue weighted by atomic mass is 32.2. The summed E-state index contributed by atoms with van der Waals surface area (Å²) < 4.78 is 26.6. The van der Waals surface area contributed by atoms with Gasteiger partial charge in [0.05, 0.1) is 4.90 Å². The molecule has 1 saturated heterocycles. The molecule has 29 heavy (non-hydrogen) atoms. The van der Waals surface area contributed by atoms with Crippen molar-refractivity contribution in [2.24, 2.45) is 5.73 Å². The lowest BCUT2D eigenvalue weighted by atomic mass is 10.1. The van der Waals surface area contributed by atoms with E-state index in [4.69, 9.17) is 5.73 Å². The van der Waals surface area contributed by atoms with Crippen molar-refractivity contribution >= 4 is 33.3 Å². The van der Waals surface area contributed by atoms with Crippen LogP contribution in [0.2, 0.25) is 0 Å². The third-order valence-corrected chi connectivity index (χ3v) is 6.59. The fraction of sp³-hybridized carbons (Fsp3) is 0.300. The van der Waals surface area contributed by atoms with Crippen molar-refractivity contribution < 1.29 is 18.0 Å². The molecule has 1 aliphatic rings. The van der Waals surface area contributed by atoms with Crippen LogP contribution in [0, 0.1) is 0 Å². The molecule has 0 bridgehead atoms. The van der Waals surface area contributed by atoms with Gasteiger partial charge in [0.1, 0.15) is 0 Å². The van der Waals surface area contributed by atoms with Gasteiger partial charge >= 0.3 is 6.03 Å². The van der Waals surface area contributed by atoms with Crippen molar-refractivity contribution in [1.82, 2.24) is 4.31 Å². The molecule has 0 unspecified atom stereocenters. The van der Waals surface area contributed by atoms with Gasteiger partial charge in [-0.2, -0.15) is 4.31 Å². The van der Waals surface area contributed by atoms with Crippen molar-refractivity contribution in [2.75, 3.05) is 23.7 Å². The number of hydrogen-bond acceptors (Lipinski definition) is 4. The summed E-state index contributed by atoms with van der Waals surface area (Å²) in [5, 5.41) is 5.21. The van der Waals surface area contributed by atoms with E-state index >= 15 is 0 Å². The van der Waals surface area contributed by atoms with Crippen molar-refractivity contribution in [3.05, 3.63) is 54.1 Å². The third kappa shape index (κ3) is 5.55. The molecule has 1 fully saturated rings. The molecule has 0 radical (unpaired) electrons. The largest absolute Gasteiger partial charge is 0.351 e. The number of benzene rings is 2. The van der Waals surface area contributed by atoms with Crippen LogP contribution in [-0.4, -0.2) is 37.8 Å². The Labute approximate surface area is 170 Å². The molecule has 0 saturated carbocycles. The monoisotopic (exact) mass is 416 g/mol. The summed E-state index contributed by atoms with van der Waals surface area (Å²) in [6, 6.07) is 12.7. The lowest BCUT2D eigenvalue weighted by molar-refractivity contribution is -0.116. The maximum Gasteiger partial charge on any atom is 0.316 e. The van der Waals surface area contributed by atoms with Crippen LogP contribution in [-0.2, 0) is 21.2 Å². The standard InChI is InChI=1S/C20H24N4O4S/c21-20(26)23-17-5-3-4-16(14-17)22-19(25)11-8-15-6-9-18(10-7-15)29(27,28)24-12-1-2-13-24/h3-7,9-10,14H,1-2,8,11-13H2,(H,22,25)(H3,21,23,26). The summed E-state index contributed by atoms with van der Waals surface area (Å²) >= 11 is 0. The summed E-state index contributed by atoms with van der Waals surface area (Å²) in [6.07, 6.45) is 2.52. The highest BCUT2D eigenvalue weighted by molar-refractivity contribution is 7.89. The summed E-state index contributed by atoms with van der Waals surface area (Å²) in [6.45, 7) is 1.14. The van der Waals surface area contributed by atoms with Crippen LogP contribution in [0.15, 0.2) is 53.4 Å². The van der Waals surface area contributed by atoms with Gasteiger partial charge in [-0.05, 0) is 55.2 Å². The number of sulfonamides is 1. The average molecular weight is 417 g/mol. The minimum absolute atomic E-state index is 0.185. The van der Waals surface area contributed by atoms with Crippen molar-refractivity contribution in [1.29, 1.82) is 0 Å². The minimum Gasteiger partial charge on any atom is -0.351 e. The van der Waals surface area contributed by atoms with Gasteiger partial charge < -0.3 is 16.4 Å². The van der Waals surface area contributed by atoms with E-state index in [9.17, 15) is 18.0 Å². The molecule has 2 aromatic rings. The molecule has 3 rings (SSSR count). The Bertz CT molecular complexity index is 984. The smallest absolute Gasteiger partial charge is 0.316 e. The van der Waals surface area contributed by atoms with E-state index < -0.39 is 16.1 Å². The van der Waals surface area contributed by atoms with Gasteiger partial charge in [0.15, 0.2) is 0 Å². The summed E-state index contributed by atoms with van der Waals surface area (Å²) in [5.74, 6) is -0.185. The highest BCUT2D eigenvalue weighted by Gasteiger charge is 2.26. The Kier molecular flexibility index (Phi) is 6.50. The van der Waals surface area contributed by atoms with Crippen molar-refractivity contribution in [3.8, 4) is 0 Å². The van der Waals surface area contributed by atoms with E-state index in [1.54, 1.807) is 48.5 Å². The van der Waals surface area contributed by atoms with E-state index in [0.29, 0.717) is 30.9 Å². The first-order chi connectivity index (χ1) is 13.8. The first kappa shape index (κ1) is 20.8. The van der Waals surface area contributed by atoms with Crippen molar-refractivity contribution in [2.45, 2.75) is 30.6 Å². The number of hydrogen-bond donors (Lipinski definition) is 3. The second-order valence-electron chi connectivity index (χ2n) is 6.87. The molecule has 8 nitrogen and oxygen atoms in total. The summed E-state index contributed by atoms with van der Waals surface area (Å²) in [4.78, 5) is 23.4. The van der Waals surface area contributed by atoms with E-state index in [1.807, 2.05) is 0 Å². The van der Waals surface area contributed by atoms with Gasteiger partial charge in [-0.25, -0.2) is 13.2 Å². The number of carbonyl (C=O) groups excluding carboxylic acids is 2. The number of nitrogens with one attached hydrogen (secondary N) is 2. The predicted molar refractivity (Wildman–Crippen MR) is 111 cm³/mol. The van der Waals surface area contributed by atoms with Crippen LogP contribution in [0.3, 0.4) is 0 Å². The SMILES string of the molecule is NC(=O)Nc1cccc(NC(=O)CCc2ccc(S(=O)(=O)N3CCCC3)cc2)c1. The number of urea groups is 1. The fourth-order valence-electron chi connectivity index (χ4n) is 3.20. The molecule has 154 valence electrons. The zero-order valence-corrected chi connectivity index (χ0v) is 16.7. The van der Waals surface area contributed by atoms with E-state index in [2.05, 4.69) is 10.6 Å². The number of rotatable bonds is 7. The molecule has 1 heterocycles. The molecule has 9 heteroatoms. The van der Waals surface area contributed by atoms with Crippen LogP contribution in [0.25, 0.3) is 0 Å². The highest BCUT2D eigenvalue weighted by Crippen LogP contribution is 2.21. The van der Waals surface area contributed by atoms with Gasteiger partial charge in [-0.15, -0.1) is 0 Å². The molecule has 1 aliphatic heterocycles.